The summed E-state index contributed by atoms with van der Waals surface area (Å²) in [6.07, 6.45) is 0. The molecule has 0 aliphatic heterocycles. The predicted octanol–water partition coefficient (Wildman–Crippen LogP) is 2.07. The molecular weight excluding hydrogens is 216 g/mol. The van der Waals surface area contributed by atoms with Crippen molar-refractivity contribution in [3.05, 3.63) is 45.2 Å². The molecule has 2 N–H and O–H groups in total. The van der Waals surface area contributed by atoms with Gasteiger partial charge in [0.15, 0.2) is 0 Å². The number of aromatic nitrogens is 2. The average molecular weight is 230 g/mol. The molecule has 17 heavy (non-hydrogen) atoms. The van der Waals surface area contributed by atoms with Gasteiger partial charge in [-0.15, -0.1) is 0 Å². The maximum absolute atomic E-state index is 11.6. The topological polar surface area (TPSA) is 66.0 Å². The van der Waals surface area contributed by atoms with E-state index < -0.39 is 0 Å². The van der Waals surface area contributed by atoms with Crippen LogP contribution in [0.3, 0.4) is 0 Å². The molecule has 1 aromatic heterocycles. The number of aromatic amines is 1. The lowest BCUT2D eigenvalue weighted by Crippen LogP contribution is -2.12. The Labute approximate surface area is 99.0 Å². The van der Waals surface area contributed by atoms with Crippen LogP contribution in [0.4, 0.5) is 0 Å². The highest BCUT2D eigenvalue weighted by molar-refractivity contribution is 5.61. The highest BCUT2D eigenvalue weighted by Crippen LogP contribution is 2.21. The quantitative estimate of drug-likeness (QED) is 0.788. The van der Waals surface area contributed by atoms with Crippen LogP contribution in [0.25, 0.3) is 11.4 Å². The Morgan fingerprint density at radius 1 is 1.24 bits per heavy atom. The van der Waals surface area contributed by atoms with Gasteiger partial charge in [-0.3, -0.25) is 4.79 Å². The third kappa shape index (κ3) is 2.06. The molecule has 0 spiro atoms. The van der Waals surface area contributed by atoms with E-state index in [2.05, 4.69) is 9.97 Å². The summed E-state index contributed by atoms with van der Waals surface area (Å²) in [7, 11) is 0. The number of hydrogen-bond acceptors (Lipinski definition) is 3. The van der Waals surface area contributed by atoms with Gasteiger partial charge in [0.05, 0.1) is 5.56 Å². The summed E-state index contributed by atoms with van der Waals surface area (Å²) in [6, 6.07) is 5.84. The standard InChI is InChI=1S/C13H14N2O2/c1-7-4-5-10(8(2)6-7)11-14-12(16)9(3)13(17)15-11/h4-6H,1-3H3,(H2,14,15,16,17). The summed E-state index contributed by atoms with van der Waals surface area (Å²) in [6.45, 7) is 5.48. The third-order valence-corrected chi connectivity index (χ3v) is 2.76. The highest BCUT2D eigenvalue weighted by Gasteiger charge is 2.09. The van der Waals surface area contributed by atoms with Crippen molar-refractivity contribution in [2.24, 2.45) is 0 Å². The number of hydrogen-bond donors (Lipinski definition) is 2. The Hall–Kier alpha value is -2.10. The number of nitrogens with one attached hydrogen (secondary N) is 1. The summed E-state index contributed by atoms with van der Waals surface area (Å²) in [5.41, 5.74) is 2.90. The first-order chi connectivity index (χ1) is 7.99. The molecule has 0 unspecified atom stereocenters. The van der Waals surface area contributed by atoms with Crippen molar-refractivity contribution in [2.75, 3.05) is 0 Å². The lowest BCUT2D eigenvalue weighted by atomic mass is 10.1. The first kappa shape index (κ1) is 11.4. The van der Waals surface area contributed by atoms with Crippen LogP contribution < -0.4 is 5.56 Å². The van der Waals surface area contributed by atoms with E-state index in [1.54, 1.807) is 0 Å². The molecule has 0 aliphatic rings. The van der Waals surface area contributed by atoms with Crippen LogP contribution in [-0.4, -0.2) is 15.1 Å². The normalized spacial score (nSPS) is 10.5. The van der Waals surface area contributed by atoms with E-state index in [0.29, 0.717) is 5.82 Å². The van der Waals surface area contributed by atoms with Gasteiger partial charge in [0.25, 0.3) is 5.56 Å². The SMILES string of the molecule is Cc1ccc(-c2nc(O)c(C)c(=O)[nH]2)c(C)c1. The predicted molar refractivity (Wildman–Crippen MR) is 66.2 cm³/mol. The van der Waals surface area contributed by atoms with E-state index in [4.69, 9.17) is 0 Å². The highest BCUT2D eigenvalue weighted by atomic mass is 16.3. The van der Waals surface area contributed by atoms with Crippen molar-refractivity contribution in [2.45, 2.75) is 20.8 Å². The lowest BCUT2D eigenvalue weighted by Gasteiger charge is -2.07. The smallest absolute Gasteiger partial charge is 0.257 e. The minimum atomic E-state index is -0.313. The van der Waals surface area contributed by atoms with Crippen molar-refractivity contribution < 1.29 is 5.11 Å². The van der Waals surface area contributed by atoms with Gasteiger partial charge in [-0.1, -0.05) is 23.8 Å². The van der Waals surface area contributed by atoms with Gasteiger partial charge in [0, 0.05) is 5.56 Å². The van der Waals surface area contributed by atoms with E-state index in [9.17, 15) is 9.90 Å². The molecule has 1 heterocycles. The monoisotopic (exact) mass is 230 g/mol. The summed E-state index contributed by atoms with van der Waals surface area (Å²) in [4.78, 5) is 18.2. The van der Waals surface area contributed by atoms with Crippen LogP contribution in [0.1, 0.15) is 16.7 Å². The Morgan fingerprint density at radius 3 is 2.53 bits per heavy atom. The Balaban J connectivity index is 2.65. The van der Waals surface area contributed by atoms with Crippen molar-refractivity contribution >= 4 is 0 Å². The average Bonchev–Trinajstić information content (AvgIpc) is 2.25. The minimum absolute atomic E-state index is 0.219. The van der Waals surface area contributed by atoms with Crippen LogP contribution >= 0.6 is 0 Å². The lowest BCUT2D eigenvalue weighted by molar-refractivity contribution is 0.447. The molecule has 2 aromatic rings. The van der Waals surface area contributed by atoms with Crippen LogP contribution in [0.2, 0.25) is 0 Å². The first-order valence-corrected chi connectivity index (χ1v) is 5.36. The van der Waals surface area contributed by atoms with Crippen LogP contribution in [-0.2, 0) is 0 Å². The van der Waals surface area contributed by atoms with E-state index >= 15 is 0 Å². The second-order valence-corrected chi connectivity index (χ2v) is 4.18. The molecule has 0 aliphatic carbocycles. The molecule has 1 aromatic carbocycles. The minimum Gasteiger partial charge on any atom is -0.493 e. The molecule has 0 saturated heterocycles. The van der Waals surface area contributed by atoms with Crippen LogP contribution in [0.5, 0.6) is 5.88 Å². The van der Waals surface area contributed by atoms with Gasteiger partial charge in [0.2, 0.25) is 5.88 Å². The molecule has 4 nitrogen and oxygen atoms in total. The van der Waals surface area contributed by atoms with E-state index in [0.717, 1.165) is 16.7 Å². The fourth-order valence-electron chi connectivity index (χ4n) is 1.73. The molecule has 0 radical (unpaired) electrons. The van der Waals surface area contributed by atoms with Crippen molar-refractivity contribution in [3.8, 4) is 17.3 Å². The molecule has 0 bridgehead atoms. The second-order valence-electron chi connectivity index (χ2n) is 4.18. The summed E-state index contributed by atoms with van der Waals surface area (Å²) in [5, 5.41) is 9.56. The van der Waals surface area contributed by atoms with Crippen LogP contribution in [0.15, 0.2) is 23.0 Å². The molecule has 88 valence electrons. The fourth-order valence-corrected chi connectivity index (χ4v) is 1.73. The molecule has 0 amide bonds. The zero-order valence-electron chi connectivity index (χ0n) is 10.0. The summed E-state index contributed by atoms with van der Waals surface area (Å²) in [5.74, 6) is 0.180. The number of rotatable bonds is 1. The van der Waals surface area contributed by atoms with Crippen LogP contribution in [0, 0.1) is 20.8 Å². The second kappa shape index (κ2) is 4.05. The van der Waals surface area contributed by atoms with Gasteiger partial charge in [-0.2, -0.15) is 4.98 Å². The molecular formula is C13H14N2O2. The molecule has 4 heteroatoms. The van der Waals surface area contributed by atoms with Crippen molar-refractivity contribution in [3.63, 3.8) is 0 Å². The molecule has 0 saturated carbocycles. The van der Waals surface area contributed by atoms with Gasteiger partial charge < -0.3 is 10.1 Å². The van der Waals surface area contributed by atoms with Gasteiger partial charge in [-0.05, 0) is 26.3 Å². The Bertz CT molecular complexity index is 630. The number of nitrogens with zero attached hydrogens (tertiary/aromatic N) is 1. The van der Waals surface area contributed by atoms with Gasteiger partial charge in [-0.25, -0.2) is 0 Å². The maximum Gasteiger partial charge on any atom is 0.257 e. The van der Waals surface area contributed by atoms with E-state index in [-0.39, 0.29) is 17.0 Å². The zero-order valence-corrected chi connectivity index (χ0v) is 10.0. The largest absolute Gasteiger partial charge is 0.493 e. The first-order valence-electron chi connectivity index (χ1n) is 5.36. The Kier molecular flexibility index (Phi) is 2.71. The molecule has 0 fully saturated rings. The summed E-state index contributed by atoms with van der Waals surface area (Å²) >= 11 is 0. The number of aromatic hydroxyl groups is 1. The fraction of sp³-hybridized carbons (Fsp3) is 0.231. The molecule has 0 atom stereocenters. The molecule has 2 rings (SSSR count). The number of aryl methyl sites for hydroxylation is 2. The van der Waals surface area contributed by atoms with E-state index in [1.165, 1.54) is 6.92 Å². The number of H-pyrrole nitrogens is 1. The van der Waals surface area contributed by atoms with Crippen molar-refractivity contribution in [1.82, 2.24) is 9.97 Å². The van der Waals surface area contributed by atoms with Crippen molar-refractivity contribution in [1.29, 1.82) is 0 Å². The third-order valence-electron chi connectivity index (χ3n) is 2.76. The maximum atomic E-state index is 11.6. The van der Waals surface area contributed by atoms with Gasteiger partial charge in [0.1, 0.15) is 5.82 Å². The van der Waals surface area contributed by atoms with Gasteiger partial charge >= 0.3 is 0 Å². The van der Waals surface area contributed by atoms with E-state index in [1.807, 2.05) is 32.0 Å². The summed E-state index contributed by atoms with van der Waals surface area (Å²) < 4.78 is 0. The zero-order chi connectivity index (χ0) is 12.6. The Morgan fingerprint density at radius 2 is 1.94 bits per heavy atom. The number of benzene rings is 1.